The molecule has 2 unspecified atom stereocenters. The molecule has 0 spiro atoms. The molecule has 0 saturated heterocycles. The van der Waals surface area contributed by atoms with E-state index < -0.39 is 11.9 Å². The fraction of sp³-hybridized carbons (Fsp3) is 0.471. The molecule has 1 fully saturated rings. The van der Waals surface area contributed by atoms with Crippen molar-refractivity contribution >= 4 is 11.9 Å². The fourth-order valence-corrected chi connectivity index (χ4v) is 3.19. The number of carboxylic acids is 1. The van der Waals surface area contributed by atoms with E-state index in [9.17, 15) is 14.7 Å². The van der Waals surface area contributed by atoms with E-state index in [-0.39, 0.29) is 11.9 Å². The minimum atomic E-state index is -0.841. The number of amides is 1. The first-order valence-corrected chi connectivity index (χ1v) is 8.50. The summed E-state index contributed by atoms with van der Waals surface area (Å²) >= 11 is 0. The Hall–Kier alpha value is -2.77. The standard InChI is InChI=1S/C17H21N5O3/c23-16(12-7-8-15(19-9-12)22-11-18-10-20-22)21-14-6-4-2-1-3-5-13(14)17(24)25/h7-11,13-14H,1-6H2,(H,21,23)(H,24,25). The van der Waals surface area contributed by atoms with Crippen LogP contribution in [0.5, 0.6) is 0 Å². The monoisotopic (exact) mass is 343 g/mol. The number of carbonyl (C=O) groups excluding carboxylic acids is 1. The van der Waals surface area contributed by atoms with Crippen molar-refractivity contribution in [2.24, 2.45) is 5.92 Å². The molecule has 2 aromatic rings. The van der Waals surface area contributed by atoms with Gasteiger partial charge in [0.1, 0.15) is 12.7 Å². The molecule has 2 aromatic heterocycles. The molecule has 0 radical (unpaired) electrons. The number of pyridine rings is 1. The highest BCUT2D eigenvalue weighted by Gasteiger charge is 2.30. The lowest BCUT2D eigenvalue weighted by molar-refractivity contribution is -0.143. The molecular formula is C17H21N5O3. The van der Waals surface area contributed by atoms with Crippen LogP contribution >= 0.6 is 0 Å². The number of hydrogen-bond donors (Lipinski definition) is 2. The molecule has 8 nitrogen and oxygen atoms in total. The number of aromatic nitrogens is 4. The van der Waals surface area contributed by atoms with Gasteiger partial charge in [-0.2, -0.15) is 5.10 Å². The van der Waals surface area contributed by atoms with Crippen LogP contribution in [0.25, 0.3) is 5.82 Å². The maximum absolute atomic E-state index is 12.5. The van der Waals surface area contributed by atoms with Crippen LogP contribution in [0.2, 0.25) is 0 Å². The third-order valence-corrected chi connectivity index (χ3v) is 4.56. The second kappa shape index (κ2) is 7.87. The van der Waals surface area contributed by atoms with Gasteiger partial charge < -0.3 is 10.4 Å². The molecular weight excluding hydrogens is 322 g/mol. The summed E-state index contributed by atoms with van der Waals surface area (Å²) in [5.41, 5.74) is 0.398. The Morgan fingerprint density at radius 1 is 1.16 bits per heavy atom. The van der Waals surface area contributed by atoms with Crippen molar-refractivity contribution in [3.8, 4) is 5.82 Å². The predicted molar refractivity (Wildman–Crippen MR) is 89.2 cm³/mol. The fourth-order valence-electron chi connectivity index (χ4n) is 3.19. The zero-order valence-corrected chi connectivity index (χ0v) is 13.8. The molecule has 0 bridgehead atoms. The lowest BCUT2D eigenvalue weighted by atomic mass is 9.86. The maximum atomic E-state index is 12.5. The van der Waals surface area contributed by atoms with Gasteiger partial charge in [-0.25, -0.2) is 14.6 Å². The molecule has 1 aliphatic rings. The lowest BCUT2D eigenvalue weighted by Gasteiger charge is -2.27. The lowest BCUT2D eigenvalue weighted by Crippen LogP contribution is -2.44. The molecule has 2 heterocycles. The van der Waals surface area contributed by atoms with Gasteiger partial charge in [-0.3, -0.25) is 9.59 Å². The summed E-state index contributed by atoms with van der Waals surface area (Å²) in [6.45, 7) is 0. The Kier molecular flexibility index (Phi) is 5.37. The number of aliphatic carboxylic acids is 1. The van der Waals surface area contributed by atoms with Crippen LogP contribution in [0.4, 0.5) is 0 Å². The first-order valence-electron chi connectivity index (χ1n) is 8.50. The van der Waals surface area contributed by atoms with E-state index in [2.05, 4.69) is 20.4 Å². The predicted octanol–water partition coefficient (Wildman–Crippen LogP) is 1.82. The molecule has 1 saturated carbocycles. The summed E-state index contributed by atoms with van der Waals surface area (Å²) in [6, 6.07) is 2.98. The van der Waals surface area contributed by atoms with Gasteiger partial charge in [0, 0.05) is 12.2 Å². The second-order valence-corrected chi connectivity index (χ2v) is 6.26. The Balaban J connectivity index is 1.70. The normalized spacial score (nSPS) is 21.1. The molecule has 0 aromatic carbocycles. The van der Waals surface area contributed by atoms with Crippen LogP contribution in [0, 0.1) is 5.92 Å². The van der Waals surface area contributed by atoms with Crippen LogP contribution in [0.15, 0.2) is 31.0 Å². The Bertz CT molecular complexity index is 714. The number of carboxylic acid groups (broad SMARTS) is 1. The van der Waals surface area contributed by atoms with Crippen molar-refractivity contribution in [1.29, 1.82) is 0 Å². The van der Waals surface area contributed by atoms with Crippen molar-refractivity contribution in [1.82, 2.24) is 25.1 Å². The number of carbonyl (C=O) groups is 2. The molecule has 2 atom stereocenters. The van der Waals surface area contributed by atoms with E-state index in [0.717, 1.165) is 25.7 Å². The number of nitrogens with one attached hydrogen (secondary N) is 1. The van der Waals surface area contributed by atoms with E-state index in [4.69, 9.17) is 0 Å². The molecule has 1 amide bonds. The average Bonchev–Trinajstić information content (AvgIpc) is 3.11. The number of hydrogen-bond acceptors (Lipinski definition) is 5. The third kappa shape index (κ3) is 4.20. The van der Waals surface area contributed by atoms with Crippen LogP contribution in [-0.4, -0.2) is 42.8 Å². The van der Waals surface area contributed by atoms with Crippen LogP contribution in [0.1, 0.15) is 48.9 Å². The minimum Gasteiger partial charge on any atom is -0.481 e. The third-order valence-electron chi connectivity index (χ3n) is 4.56. The van der Waals surface area contributed by atoms with Crippen LogP contribution < -0.4 is 5.32 Å². The number of rotatable bonds is 4. The first kappa shape index (κ1) is 17.1. The van der Waals surface area contributed by atoms with Crippen molar-refractivity contribution in [2.45, 2.75) is 44.6 Å². The molecule has 0 aliphatic heterocycles. The Labute approximate surface area is 145 Å². The zero-order valence-electron chi connectivity index (χ0n) is 13.8. The van der Waals surface area contributed by atoms with E-state index in [1.165, 1.54) is 23.5 Å². The molecule has 1 aliphatic carbocycles. The van der Waals surface area contributed by atoms with E-state index in [1.54, 1.807) is 12.1 Å². The van der Waals surface area contributed by atoms with Gasteiger partial charge in [0.15, 0.2) is 5.82 Å². The van der Waals surface area contributed by atoms with E-state index in [1.807, 2.05) is 0 Å². The van der Waals surface area contributed by atoms with Crippen molar-refractivity contribution in [3.63, 3.8) is 0 Å². The van der Waals surface area contributed by atoms with Crippen molar-refractivity contribution < 1.29 is 14.7 Å². The van der Waals surface area contributed by atoms with E-state index in [0.29, 0.717) is 24.2 Å². The molecule has 2 N–H and O–H groups in total. The molecule has 132 valence electrons. The highest BCUT2D eigenvalue weighted by atomic mass is 16.4. The SMILES string of the molecule is O=C(NC1CCCCCCC1C(=O)O)c1ccc(-n2cncn2)nc1. The minimum absolute atomic E-state index is 0.297. The van der Waals surface area contributed by atoms with Gasteiger partial charge in [0.05, 0.1) is 11.5 Å². The number of nitrogens with zero attached hydrogens (tertiary/aromatic N) is 4. The van der Waals surface area contributed by atoms with Gasteiger partial charge in [0.25, 0.3) is 5.91 Å². The van der Waals surface area contributed by atoms with Crippen molar-refractivity contribution in [2.75, 3.05) is 0 Å². The van der Waals surface area contributed by atoms with Gasteiger partial charge in [-0.05, 0) is 25.0 Å². The highest BCUT2D eigenvalue weighted by Crippen LogP contribution is 2.23. The second-order valence-electron chi connectivity index (χ2n) is 6.26. The van der Waals surface area contributed by atoms with E-state index >= 15 is 0 Å². The summed E-state index contributed by atoms with van der Waals surface area (Å²) in [6.07, 6.45) is 9.62. The summed E-state index contributed by atoms with van der Waals surface area (Å²) < 4.78 is 1.50. The van der Waals surface area contributed by atoms with Gasteiger partial charge in [-0.1, -0.05) is 25.7 Å². The topological polar surface area (TPSA) is 110 Å². The first-order chi connectivity index (χ1) is 12.1. The molecule has 8 heteroatoms. The van der Waals surface area contributed by atoms with Gasteiger partial charge >= 0.3 is 5.97 Å². The van der Waals surface area contributed by atoms with Gasteiger partial charge in [-0.15, -0.1) is 0 Å². The maximum Gasteiger partial charge on any atom is 0.308 e. The molecule has 3 rings (SSSR count). The van der Waals surface area contributed by atoms with Crippen LogP contribution in [0.3, 0.4) is 0 Å². The Morgan fingerprint density at radius 2 is 1.96 bits per heavy atom. The summed E-state index contributed by atoms with van der Waals surface area (Å²) in [5.74, 6) is -1.11. The smallest absolute Gasteiger partial charge is 0.308 e. The summed E-state index contributed by atoms with van der Waals surface area (Å²) in [5, 5.41) is 16.3. The average molecular weight is 343 g/mol. The zero-order chi connectivity index (χ0) is 17.6. The highest BCUT2D eigenvalue weighted by molar-refractivity contribution is 5.94. The van der Waals surface area contributed by atoms with Crippen LogP contribution in [-0.2, 0) is 4.79 Å². The Morgan fingerprint density at radius 3 is 2.60 bits per heavy atom. The largest absolute Gasteiger partial charge is 0.481 e. The van der Waals surface area contributed by atoms with Crippen molar-refractivity contribution in [3.05, 3.63) is 36.5 Å². The quantitative estimate of drug-likeness (QED) is 0.876. The molecule has 25 heavy (non-hydrogen) atoms. The van der Waals surface area contributed by atoms with Gasteiger partial charge in [0.2, 0.25) is 0 Å². The summed E-state index contributed by atoms with van der Waals surface area (Å²) in [4.78, 5) is 32.1. The summed E-state index contributed by atoms with van der Waals surface area (Å²) in [7, 11) is 0.